The van der Waals surface area contributed by atoms with Gasteiger partial charge in [-0.1, -0.05) is 41.0 Å². The van der Waals surface area contributed by atoms with Gasteiger partial charge < -0.3 is 9.84 Å². The molecule has 0 aliphatic heterocycles. The molecule has 0 rings (SSSR count). The third-order valence-corrected chi connectivity index (χ3v) is 4.98. The van der Waals surface area contributed by atoms with Crippen molar-refractivity contribution in [2.24, 2.45) is 10.8 Å². The maximum Gasteiger partial charge on any atom is 0.270 e. The van der Waals surface area contributed by atoms with Crippen molar-refractivity contribution in [3.05, 3.63) is 0 Å². The van der Waals surface area contributed by atoms with E-state index in [0.717, 1.165) is 19.3 Å². The monoisotopic (exact) mass is 338 g/mol. The summed E-state index contributed by atoms with van der Waals surface area (Å²) in [6, 6.07) is 0. The van der Waals surface area contributed by atoms with Crippen molar-refractivity contribution >= 4 is 10.1 Å². The number of unbranched alkanes of at least 4 members (excludes halogenated alkanes) is 1. The Balaban J connectivity index is 4.13. The molecule has 1 atom stereocenters. The third kappa shape index (κ3) is 11.4. The normalized spacial score (nSPS) is 15.0. The van der Waals surface area contributed by atoms with Crippen LogP contribution in [0.4, 0.5) is 0 Å². The molecule has 0 aliphatic rings. The van der Waals surface area contributed by atoms with Gasteiger partial charge in [0.25, 0.3) is 10.1 Å². The molecule has 0 aromatic heterocycles. The average molecular weight is 339 g/mol. The first-order valence-electron chi connectivity index (χ1n) is 8.02. The van der Waals surface area contributed by atoms with E-state index in [1.165, 1.54) is 0 Å². The zero-order chi connectivity index (χ0) is 17.4. The Bertz CT molecular complexity index is 395. The molecule has 0 bridgehead atoms. The van der Waals surface area contributed by atoms with Gasteiger partial charge >= 0.3 is 0 Å². The van der Waals surface area contributed by atoms with Crippen LogP contribution >= 0.6 is 0 Å². The highest BCUT2D eigenvalue weighted by Gasteiger charge is 2.27. The summed E-state index contributed by atoms with van der Waals surface area (Å²) in [5.41, 5.74) is -0.0531. The number of aliphatic hydroxyl groups excluding tert-OH is 1. The molecule has 0 aromatic carbocycles. The Morgan fingerprint density at radius 1 is 1.05 bits per heavy atom. The van der Waals surface area contributed by atoms with E-state index in [9.17, 15) is 18.1 Å². The Morgan fingerprint density at radius 2 is 1.64 bits per heavy atom. The quantitative estimate of drug-likeness (QED) is 0.446. The molecule has 0 aliphatic carbocycles. The smallest absolute Gasteiger partial charge is 0.270 e. The summed E-state index contributed by atoms with van der Waals surface area (Å²) in [7, 11) is -4.12. The molecule has 0 heterocycles. The number of aliphatic hydroxyl groups is 1. The summed E-state index contributed by atoms with van der Waals surface area (Å²) in [5.74, 6) is 0. The Hall–Kier alpha value is -0.170. The molecule has 0 spiro atoms. The van der Waals surface area contributed by atoms with E-state index >= 15 is 0 Å². The molecule has 6 heteroatoms. The molecule has 22 heavy (non-hydrogen) atoms. The molecule has 134 valence electrons. The second kappa shape index (κ2) is 9.21. The van der Waals surface area contributed by atoms with Gasteiger partial charge in [-0.05, 0) is 36.5 Å². The molecule has 0 aromatic rings. The average Bonchev–Trinajstić information content (AvgIpc) is 2.34. The van der Waals surface area contributed by atoms with Gasteiger partial charge in [0, 0.05) is 13.2 Å². The van der Waals surface area contributed by atoms with Gasteiger partial charge in [0.15, 0.2) is 0 Å². The summed E-state index contributed by atoms with van der Waals surface area (Å²) in [6.07, 6.45) is 3.83. The SMILES string of the molecule is CC(C)(C)CCCCOCC(CCC(C)(C)CO)S(=O)(=O)O. The highest BCUT2D eigenvalue weighted by molar-refractivity contribution is 7.86. The van der Waals surface area contributed by atoms with E-state index in [4.69, 9.17) is 4.74 Å². The fourth-order valence-corrected chi connectivity index (χ4v) is 2.71. The Morgan fingerprint density at radius 3 is 2.09 bits per heavy atom. The second-order valence-corrected chi connectivity index (χ2v) is 9.79. The minimum atomic E-state index is -4.12. The van der Waals surface area contributed by atoms with E-state index in [2.05, 4.69) is 20.8 Å². The van der Waals surface area contributed by atoms with Gasteiger partial charge in [-0.25, -0.2) is 0 Å². The van der Waals surface area contributed by atoms with Crippen LogP contribution in [0.2, 0.25) is 0 Å². The lowest BCUT2D eigenvalue weighted by Gasteiger charge is -2.24. The van der Waals surface area contributed by atoms with Crippen molar-refractivity contribution in [3.8, 4) is 0 Å². The van der Waals surface area contributed by atoms with Crippen LogP contribution < -0.4 is 0 Å². The Kier molecular flexibility index (Phi) is 9.13. The zero-order valence-electron chi connectivity index (χ0n) is 14.8. The van der Waals surface area contributed by atoms with Crippen LogP contribution in [-0.4, -0.2) is 43.1 Å². The lowest BCUT2D eigenvalue weighted by atomic mass is 9.88. The van der Waals surface area contributed by atoms with E-state index in [1.807, 2.05) is 13.8 Å². The minimum absolute atomic E-state index is 0.00978. The van der Waals surface area contributed by atoms with Crippen molar-refractivity contribution in [1.82, 2.24) is 0 Å². The van der Waals surface area contributed by atoms with Crippen LogP contribution in [0.5, 0.6) is 0 Å². The zero-order valence-corrected chi connectivity index (χ0v) is 15.6. The van der Waals surface area contributed by atoms with E-state index in [1.54, 1.807) is 0 Å². The van der Waals surface area contributed by atoms with Gasteiger partial charge in [-0.3, -0.25) is 4.55 Å². The minimum Gasteiger partial charge on any atom is -0.396 e. The highest BCUT2D eigenvalue weighted by atomic mass is 32.2. The Labute approximate surface area is 136 Å². The second-order valence-electron chi connectivity index (χ2n) is 8.09. The number of rotatable bonds is 11. The van der Waals surface area contributed by atoms with Crippen molar-refractivity contribution in [3.63, 3.8) is 0 Å². The number of hydrogen-bond acceptors (Lipinski definition) is 4. The van der Waals surface area contributed by atoms with Crippen LogP contribution in [0, 0.1) is 10.8 Å². The van der Waals surface area contributed by atoms with Gasteiger partial charge in [0.05, 0.1) is 6.61 Å². The topological polar surface area (TPSA) is 83.8 Å². The predicted molar refractivity (Wildman–Crippen MR) is 89.6 cm³/mol. The summed E-state index contributed by atoms with van der Waals surface area (Å²) in [6.45, 7) is 10.8. The molecule has 0 saturated heterocycles. The van der Waals surface area contributed by atoms with Gasteiger partial charge in [0.1, 0.15) is 5.25 Å². The van der Waals surface area contributed by atoms with Crippen LogP contribution in [0.1, 0.15) is 66.7 Å². The van der Waals surface area contributed by atoms with Crippen molar-refractivity contribution < 1.29 is 22.8 Å². The largest absolute Gasteiger partial charge is 0.396 e. The molecule has 2 N–H and O–H groups in total. The predicted octanol–water partition coefficient (Wildman–Crippen LogP) is 3.27. The lowest BCUT2D eigenvalue weighted by molar-refractivity contribution is 0.113. The first-order chi connectivity index (χ1) is 9.87. The molecule has 0 amide bonds. The maximum absolute atomic E-state index is 11.4. The van der Waals surface area contributed by atoms with E-state index in [0.29, 0.717) is 18.4 Å². The van der Waals surface area contributed by atoms with Crippen LogP contribution in [0.15, 0.2) is 0 Å². The third-order valence-electron chi connectivity index (χ3n) is 3.76. The van der Waals surface area contributed by atoms with Crippen molar-refractivity contribution in [2.45, 2.75) is 72.0 Å². The number of hydrogen-bond donors (Lipinski definition) is 2. The maximum atomic E-state index is 11.4. The standard InChI is InChI=1S/C16H34O5S/c1-15(2,3)9-6-7-11-21-12-14(22(18,19)20)8-10-16(4,5)13-17/h14,17H,6-13H2,1-5H3,(H,18,19,20). The van der Waals surface area contributed by atoms with Crippen LogP contribution in [-0.2, 0) is 14.9 Å². The molecular weight excluding hydrogens is 304 g/mol. The molecular formula is C16H34O5S. The van der Waals surface area contributed by atoms with E-state index < -0.39 is 15.4 Å². The highest BCUT2D eigenvalue weighted by Crippen LogP contribution is 2.24. The fourth-order valence-electron chi connectivity index (χ4n) is 2.02. The van der Waals surface area contributed by atoms with Crippen LogP contribution in [0.25, 0.3) is 0 Å². The number of ether oxygens (including phenoxy) is 1. The van der Waals surface area contributed by atoms with Crippen LogP contribution in [0.3, 0.4) is 0 Å². The molecule has 0 saturated carbocycles. The molecule has 0 radical (unpaired) electrons. The summed E-state index contributed by atoms with van der Waals surface area (Å²) >= 11 is 0. The lowest BCUT2D eigenvalue weighted by Crippen LogP contribution is -2.29. The van der Waals surface area contributed by atoms with Gasteiger partial charge in [0.2, 0.25) is 0 Å². The summed E-state index contributed by atoms with van der Waals surface area (Å²) in [4.78, 5) is 0. The first-order valence-corrected chi connectivity index (χ1v) is 9.53. The molecule has 1 unspecified atom stereocenters. The van der Waals surface area contributed by atoms with Crippen molar-refractivity contribution in [2.75, 3.05) is 19.8 Å². The molecule has 5 nitrogen and oxygen atoms in total. The van der Waals surface area contributed by atoms with Gasteiger partial charge in [-0.15, -0.1) is 0 Å². The van der Waals surface area contributed by atoms with E-state index in [-0.39, 0.29) is 25.0 Å². The fraction of sp³-hybridized carbons (Fsp3) is 1.00. The van der Waals surface area contributed by atoms with Crippen molar-refractivity contribution in [1.29, 1.82) is 0 Å². The molecule has 0 fully saturated rings. The van der Waals surface area contributed by atoms with Gasteiger partial charge in [-0.2, -0.15) is 8.42 Å². The first kappa shape index (κ1) is 21.8. The summed E-state index contributed by atoms with van der Waals surface area (Å²) < 4.78 is 37.5. The summed E-state index contributed by atoms with van der Waals surface area (Å²) in [5, 5.41) is 8.29.